The number of nitrogens with zero attached hydrogens (tertiary/aromatic N) is 5. The zero-order chi connectivity index (χ0) is 45.6. The Bertz CT molecular complexity index is 4100. The summed E-state index contributed by atoms with van der Waals surface area (Å²) in [6.07, 6.45) is 4.75. The molecule has 0 bridgehead atoms. The van der Waals surface area contributed by atoms with Crippen molar-refractivity contribution >= 4 is 88.5 Å². The molecule has 0 saturated carbocycles. The maximum atomic E-state index is 6.86. The van der Waals surface area contributed by atoms with E-state index in [1.807, 2.05) is 30.3 Å². The summed E-state index contributed by atoms with van der Waals surface area (Å²) in [6, 6.07) is 78.2. The van der Waals surface area contributed by atoms with Gasteiger partial charge in [-0.2, -0.15) is 0 Å². The van der Waals surface area contributed by atoms with Crippen molar-refractivity contribution < 1.29 is 0 Å². The third kappa shape index (κ3) is 6.05. The van der Waals surface area contributed by atoms with E-state index in [0.717, 1.165) is 38.9 Å². The predicted molar refractivity (Wildman–Crippen MR) is 289 cm³/mol. The first kappa shape index (κ1) is 39.2. The molecule has 1 aliphatic carbocycles. The highest BCUT2D eigenvalue weighted by Crippen LogP contribution is 2.52. The summed E-state index contributed by atoms with van der Waals surface area (Å²) in [5.41, 5.74) is 19.4. The lowest BCUT2D eigenvalue weighted by molar-refractivity contribution is 0.669. The van der Waals surface area contributed by atoms with E-state index in [1.165, 1.54) is 71.1 Å². The second-order valence-corrected chi connectivity index (χ2v) is 18.2. The summed E-state index contributed by atoms with van der Waals surface area (Å²) < 4.78 is 4.81. The zero-order valence-corrected chi connectivity index (χ0v) is 37.6. The predicted octanol–water partition coefficient (Wildman–Crippen LogP) is 14.3. The van der Waals surface area contributed by atoms with E-state index < -0.39 is 0 Å². The maximum Gasteiger partial charge on any atom is 0.158 e. The van der Waals surface area contributed by atoms with Gasteiger partial charge in [-0.3, -0.25) is 0 Å². The average Bonchev–Trinajstić information content (AvgIpc) is 4.05. The molecule has 1 aliphatic heterocycles. The van der Waals surface area contributed by atoms with Gasteiger partial charge in [-0.05, 0) is 110 Å². The van der Waals surface area contributed by atoms with Gasteiger partial charge in [0, 0.05) is 50.3 Å². The number of nitrogens with two attached hydrogens (primary N) is 1. The summed E-state index contributed by atoms with van der Waals surface area (Å²) in [6.45, 7) is 0.382. The Hall–Kier alpha value is -9.00. The van der Waals surface area contributed by atoms with Crippen molar-refractivity contribution in [2.75, 3.05) is 11.6 Å². The number of hydrogen-bond acceptors (Lipinski definition) is 2. The van der Waals surface area contributed by atoms with Crippen molar-refractivity contribution in [2.45, 2.75) is 12.0 Å². The molecule has 6 nitrogen and oxygen atoms in total. The molecular weight excluding hydrogens is 841 g/mol. The Morgan fingerprint density at radius 2 is 1.03 bits per heavy atom. The largest absolute Gasteiger partial charge is 0.383 e. The van der Waals surface area contributed by atoms with Gasteiger partial charge in [-0.1, -0.05) is 164 Å². The number of hydrogen-bond donors (Lipinski definition) is 1. The molecule has 0 fully saturated rings. The number of aromatic nitrogens is 2. The van der Waals surface area contributed by atoms with Crippen LogP contribution in [0.3, 0.4) is 0 Å². The molecule has 10 aromatic carbocycles. The zero-order valence-electron chi connectivity index (χ0n) is 37.6. The topological polar surface area (TPSA) is 63.8 Å². The molecular formula is C63H44N6. The van der Waals surface area contributed by atoms with Crippen LogP contribution in [0.15, 0.2) is 234 Å². The number of benzene rings is 10. The Morgan fingerprint density at radius 1 is 0.449 bits per heavy atom. The van der Waals surface area contributed by atoms with Crippen molar-refractivity contribution in [3.05, 3.63) is 252 Å². The lowest BCUT2D eigenvalue weighted by Crippen LogP contribution is -2.35. The van der Waals surface area contributed by atoms with Crippen LogP contribution in [0.1, 0.15) is 33.9 Å². The van der Waals surface area contributed by atoms with Crippen LogP contribution in [0, 0.1) is 0 Å². The second kappa shape index (κ2) is 15.5. The summed E-state index contributed by atoms with van der Waals surface area (Å²) in [7, 11) is 0. The number of para-hydroxylation sites is 4. The van der Waals surface area contributed by atoms with E-state index >= 15 is 0 Å². The molecule has 2 unspecified atom stereocenters. The van der Waals surface area contributed by atoms with Crippen molar-refractivity contribution in [3.63, 3.8) is 0 Å². The van der Waals surface area contributed by atoms with Crippen LogP contribution in [0.2, 0.25) is 0 Å². The molecule has 14 rings (SSSR count). The number of anilines is 1. The fourth-order valence-electron chi connectivity index (χ4n) is 11.6. The number of rotatable bonds is 6. The third-order valence-corrected chi connectivity index (χ3v) is 14.6. The number of fused-ring (bicyclic) bond motifs is 16. The van der Waals surface area contributed by atoms with Gasteiger partial charge in [-0.25, -0.2) is 9.98 Å². The highest BCUT2D eigenvalue weighted by Gasteiger charge is 2.42. The molecule has 2 N–H and O–H groups in total. The molecule has 2 aromatic heterocycles. The Labute approximate surface area is 398 Å². The molecule has 69 heavy (non-hydrogen) atoms. The van der Waals surface area contributed by atoms with Crippen molar-refractivity contribution in [1.29, 1.82) is 0 Å². The van der Waals surface area contributed by atoms with Crippen molar-refractivity contribution in [3.8, 4) is 11.4 Å². The second-order valence-electron chi connectivity index (χ2n) is 18.2. The van der Waals surface area contributed by atoms with E-state index in [9.17, 15) is 0 Å². The summed E-state index contributed by atoms with van der Waals surface area (Å²) in [5.74, 6) is 1.09. The molecule has 0 amide bonds. The van der Waals surface area contributed by atoms with Crippen LogP contribution in [-0.4, -0.2) is 33.5 Å². The molecule has 6 heteroatoms. The van der Waals surface area contributed by atoms with E-state index in [0.29, 0.717) is 18.3 Å². The molecule has 2 aliphatic rings. The first-order valence-electron chi connectivity index (χ1n) is 23.7. The highest BCUT2D eigenvalue weighted by molar-refractivity contribution is 6.25. The fraction of sp³-hybridized carbons (Fsp3) is 0.0476. The van der Waals surface area contributed by atoms with Gasteiger partial charge in [0.2, 0.25) is 0 Å². The SMILES string of the molecule is N/C(=N\C(=N/CN1c2ccccc2C2c3c(n(-c4ccc5c6ccccc6c6ccccc6c5c4)c4ccccc34)C=CC21)c1ccc2c(c1)c1ccccc1n2-c1ccccc1)c1ccccc1. The van der Waals surface area contributed by atoms with Gasteiger partial charge in [0.1, 0.15) is 12.5 Å². The Kier molecular flexibility index (Phi) is 8.83. The molecule has 0 radical (unpaired) electrons. The normalized spacial score (nSPS) is 15.7. The molecule has 0 spiro atoms. The van der Waals surface area contributed by atoms with Crippen molar-refractivity contribution in [2.24, 2.45) is 15.7 Å². The lowest BCUT2D eigenvalue weighted by atomic mass is 9.82. The van der Waals surface area contributed by atoms with Crippen LogP contribution in [0.4, 0.5) is 5.69 Å². The van der Waals surface area contributed by atoms with Gasteiger partial charge in [0.05, 0.1) is 28.3 Å². The molecule has 12 aromatic rings. The summed E-state index contributed by atoms with van der Waals surface area (Å²) >= 11 is 0. The van der Waals surface area contributed by atoms with Gasteiger partial charge in [0.15, 0.2) is 5.84 Å². The highest BCUT2D eigenvalue weighted by atomic mass is 15.3. The fourth-order valence-corrected chi connectivity index (χ4v) is 11.6. The van der Waals surface area contributed by atoms with E-state index in [2.05, 4.69) is 214 Å². The molecule has 2 atom stereocenters. The van der Waals surface area contributed by atoms with Crippen LogP contribution in [0.25, 0.3) is 82.5 Å². The third-order valence-electron chi connectivity index (χ3n) is 14.6. The monoisotopic (exact) mass is 884 g/mol. The molecule has 326 valence electrons. The Balaban J connectivity index is 0.906. The minimum atomic E-state index is 0.0212. The quantitative estimate of drug-likeness (QED) is 0.103. The standard InChI is InChI=1S/C63H44N6/c64-62(40-17-3-1-4-18-40)66-63(41-31-34-57-53(37-41)49-25-11-15-29-55(49)68(57)42-19-5-2-6-20-42)65-39-67-54-28-14-12-26-50(54)60-58(67)35-36-59-61(60)51-27-13-16-30-56(51)69(59)43-32-33-48-46-23-8-7-21-44(46)45-22-9-10-24-47(45)52(48)38-43/h1-38,58,60H,39H2,(H2,64,65,66). The molecule has 3 heterocycles. The lowest BCUT2D eigenvalue weighted by Gasteiger charge is -2.30. The first-order chi connectivity index (χ1) is 34.2. The van der Waals surface area contributed by atoms with Gasteiger partial charge in [-0.15, -0.1) is 0 Å². The number of aliphatic imine (C=N–C) groups is 2. The van der Waals surface area contributed by atoms with E-state index in [-0.39, 0.29) is 12.0 Å². The molecule has 0 saturated heterocycles. The Morgan fingerprint density at radius 3 is 1.77 bits per heavy atom. The maximum absolute atomic E-state index is 6.86. The summed E-state index contributed by atoms with van der Waals surface area (Å²) in [4.78, 5) is 13.1. The average molecular weight is 885 g/mol. The van der Waals surface area contributed by atoms with Crippen LogP contribution < -0.4 is 10.6 Å². The van der Waals surface area contributed by atoms with Gasteiger partial charge < -0.3 is 19.8 Å². The minimum absolute atomic E-state index is 0.0212. The van der Waals surface area contributed by atoms with Crippen LogP contribution in [-0.2, 0) is 0 Å². The minimum Gasteiger partial charge on any atom is -0.383 e. The van der Waals surface area contributed by atoms with Crippen molar-refractivity contribution in [1.82, 2.24) is 9.13 Å². The van der Waals surface area contributed by atoms with Crippen LogP contribution >= 0.6 is 0 Å². The van der Waals surface area contributed by atoms with Gasteiger partial charge >= 0.3 is 0 Å². The summed E-state index contributed by atoms with van der Waals surface area (Å²) in [5, 5.41) is 11.2. The van der Waals surface area contributed by atoms with E-state index in [1.54, 1.807) is 0 Å². The number of amidine groups is 2. The first-order valence-corrected chi connectivity index (χ1v) is 23.7. The smallest absolute Gasteiger partial charge is 0.158 e. The van der Waals surface area contributed by atoms with E-state index in [4.69, 9.17) is 15.7 Å². The van der Waals surface area contributed by atoms with Gasteiger partial charge in [0.25, 0.3) is 0 Å². The van der Waals surface area contributed by atoms with Crippen LogP contribution in [0.5, 0.6) is 0 Å².